The zero-order valence-electron chi connectivity index (χ0n) is 12.3. The number of nitrogens with zero attached hydrogens (tertiary/aromatic N) is 2. The first kappa shape index (κ1) is 15.7. The molecule has 0 aliphatic heterocycles. The molecule has 1 aromatic heterocycles. The van der Waals surface area contributed by atoms with Gasteiger partial charge in [-0.15, -0.1) is 0 Å². The zero-order chi connectivity index (χ0) is 16.4. The van der Waals surface area contributed by atoms with Crippen molar-refractivity contribution in [3.63, 3.8) is 0 Å². The highest BCUT2D eigenvalue weighted by atomic mass is 127. The second-order valence-electron chi connectivity index (χ2n) is 4.83. The van der Waals surface area contributed by atoms with E-state index in [0.717, 1.165) is 3.57 Å². The van der Waals surface area contributed by atoms with Gasteiger partial charge in [-0.2, -0.15) is 4.98 Å². The van der Waals surface area contributed by atoms with Crippen LogP contribution in [0.5, 0.6) is 0 Å². The van der Waals surface area contributed by atoms with E-state index >= 15 is 0 Å². The molecule has 0 radical (unpaired) electrons. The van der Waals surface area contributed by atoms with E-state index in [0.29, 0.717) is 23.0 Å². The Balaban J connectivity index is 2.10. The van der Waals surface area contributed by atoms with E-state index in [9.17, 15) is 9.59 Å². The van der Waals surface area contributed by atoms with Crippen LogP contribution in [-0.4, -0.2) is 17.4 Å². The van der Waals surface area contributed by atoms with Gasteiger partial charge in [-0.25, -0.2) is 4.79 Å². The summed E-state index contributed by atoms with van der Waals surface area (Å²) in [5.74, 6) is -0.247. The Morgan fingerprint density at radius 2 is 1.87 bits per heavy atom. The maximum absolute atomic E-state index is 12.8. The minimum Gasteiger partial charge on any atom is -0.388 e. The number of carbonyl (C=O) groups is 1. The lowest BCUT2D eigenvalue weighted by molar-refractivity contribution is 0.0981. The molecule has 0 N–H and O–H groups in total. The summed E-state index contributed by atoms with van der Waals surface area (Å²) in [5.41, 5.74) is 0.555. The third-order valence-electron chi connectivity index (χ3n) is 3.42. The van der Waals surface area contributed by atoms with Crippen LogP contribution in [0, 0.1) is 3.57 Å². The standard InChI is InChI=1S/C17H13IN2O3/c1-2-20(15(21)11-7-3-5-9-13(11)18)17-19-14-10-6-4-8-12(14)16(22)23-17/h3-10H,2H2,1H3. The van der Waals surface area contributed by atoms with Gasteiger partial charge < -0.3 is 4.42 Å². The van der Waals surface area contributed by atoms with Gasteiger partial charge in [0.1, 0.15) is 0 Å². The molecule has 1 heterocycles. The molecule has 3 aromatic rings. The van der Waals surface area contributed by atoms with Gasteiger partial charge in [0.05, 0.1) is 16.5 Å². The second kappa shape index (κ2) is 6.49. The molecule has 0 spiro atoms. The van der Waals surface area contributed by atoms with Crippen LogP contribution in [0.1, 0.15) is 17.3 Å². The minimum atomic E-state index is -0.500. The number of hydrogen-bond acceptors (Lipinski definition) is 4. The van der Waals surface area contributed by atoms with Crippen molar-refractivity contribution < 1.29 is 9.21 Å². The van der Waals surface area contributed by atoms with E-state index < -0.39 is 5.63 Å². The number of fused-ring (bicyclic) bond motifs is 1. The lowest BCUT2D eigenvalue weighted by atomic mass is 10.2. The van der Waals surface area contributed by atoms with E-state index in [2.05, 4.69) is 27.6 Å². The highest BCUT2D eigenvalue weighted by Crippen LogP contribution is 2.19. The first-order valence-electron chi connectivity index (χ1n) is 7.08. The Morgan fingerprint density at radius 3 is 2.61 bits per heavy atom. The molecule has 3 rings (SSSR count). The van der Waals surface area contributed by atoms with E-state index in [4.69, 9.17) is 4.42 Å². The summed E-state index contributed by atoms with van der Waals surface area (Å²) in [6.07, 6.45) is 0. The molecule has 0 unspecified atom stereocenters. The Hall–Kier alpha value is -2.22. The van der Waals surface area contributed by atoms with Crippen LogP contribution in [0.25, 0.3) is 10.9 Å². The van der Waals surface area contributed by atoms with Gasteiger partial charge in [-0.1, -0.05) is 24.3 Å². The lowest BCUT2D eigenvalue weighted by Gasteiger charge is -2.18. The molecule has 116 valence electrons. The van der Waals surface area contributed by atoms with Crippen molar-refractivity contribution in [2.75, 3.05) is 11.4 Å². The van der Waals surface area contributed by atoms with Crippen molar-refractivity contribution in [2.24, 2.45) is 0 Å². The lowest BCUT2D eigenvalue weighted by Crippen LogP contribution is -2.32. The van der Waals surface area contributed by atoms with Gasteiger partial charge in [-0.05, 0) is 53.8 Å². The maximum atomic E-state index is 12.8. The van der Waals surface area contributed by atoms with Crippen LogP contribution in [0.3, 0.4) is 0 Å². The number of aromatic nitrogens is 1. The molecule has 0 aliphatic rings. The predicted octanol–water partition coefficient (Wildman–Crippen LogP) is 3.46. The highest BCUT2D eigenvalue weighted by molar-refractivity contribution is 14.1. The SMILES string of the molecule is CCN(C(=O)c1ccccc1I)c1nc2ccccc2c(=O)o1. The summed E-state index contributed by atoms with van der Waals surface area (Å²) in [7, 11) is 0. The number of amides is 1. The van der Waals surface area contributed by atoms with Gasteiger partial charge in [0.25, 0.3) is 5.91 Å². The minimum absolute atomic E-state index is 0.0147. The average molecular weight is 420 g/mol. The van der Waals surface area contributed by atoms with Crippen LogP contribution in [0.4, 0.5) is 6.01 Å². The van der Waals surface area contributed by atoms with Gasteiger partial charge >= 0.3 is 11.6 Å². The maximum Gasteiger partial charge on any atom is 0.348 e. The molecule has 0 saturated heterocycles. The van der Waals surface area contributed by atoms with E-state index in [1.54, 1.807) is 36.4 Å². The van der Waals surface area contributed by atoms with Crippen LogP contribution >= 0.6 is 22.6 Å². The predicted molar refractivity (Wildman–Crippen MR) is 96.8 cm³/mol. The Bertz CT molecular complexity index is 936. The van der Waals surface area contributed by atoms with Crippen molar-refractivity contribution in [3.8, 4) is 0 Å². The molecule has 23 heavy (non-hydrogen) atoms. The molecule has 6 heteroatoms. The van der Waals surface area contributed by atoms with Crippen LogP contribution in [0.2, 0.25) is 0 Å². The zero-order valence-corrected chi connectivity index (χ0v) is 14.5. The van der Waals surface area contributed by atoms with Gasteiger partial charge in [-0.3, -0.25) is 9.69 Å². The van der Waals surface area contributed by atoms with Crippen molar-refractivity contribution >= 4 is 45.4 Å². The molecule has 0 aliphatic carbocycles. The molecule has 0 atom stereocenters. The molecular weight excluding hydrogens is 407 g/mol. The van der Waals surface area contributed by atoms with Gasteiger partial charge in [0.2, 0.25) is 0 Å². The van der Waals surface area contributed by atoms with Crippen molar-refractivity contribution in [2.45, 2.75) is 6.92 Å². The van der Waals surface area contributed by atoms with Crippen molar-refractivity contribution in [1.29, 1.82) is 0 Å². The number of anilines is 1. The Labute approximate surface area is 146 Å². The third kappa shape index (κ3) is 2.98. The number of rotatable bonds is 3. The molecule has 5 nitrogen and oxygen atoms in total. The molecule has 2 aromatic carbocycles. The summed E-state index contributed by atoms with van der Waals surface area (Å²) in [6, 6.07) is 14.2. The van der Waals surface area contributed by atoms with E-state index in [-0.39, 0.29) is 11.9 Å². The number of halogens is 1. The Morgan fingerprint density at radius 1 is 1.17 bits per heavy atom. The number of hydrogen-bond donors (Lipinski definition) is 0. The number of carbonyl (C=O) groups excluding carboxylic acids is 1. The molecule has 1 amide bonds. The molecular formula is C17H13IN2O3. The van der Waals surface area contributed by atoms with Crippen molar-refractivity contribution in [1.82, 2.24) is 4.98 Å². The number of para-hydroxylation sites is 1. The molecule has 0 bridgehead atoms. The van der Waals surface area contributed by atoms with Gasteiger partial charge in [0, 0.05) is 10.1 Å². The summed E-state index contributed by atoms with van der Waals surface area (Å²) in [6.45, 7) is 2.16. The fourth-order valence-electron chi connectivity index (χ4n) is 2.27. The molecule has 0 saturated carbocycles. The summed E-state index contributed by atoms with van der Waals surface area (Å²) in [4.78, 5) is 30.5. The van der Waals surface area contributed by atoms with Crippen LogP contribution in [-0.2, 0) is 0 Å². The smallest absolute Gasteiger partial charge is 0.348 e. The van der Waals surface area contributed by atoms with E-state index in [1.807, 2.05) is 19.1 Å². The normalized spacial score (nSPS) is 10.7. The molecule has 0 fully saturated rings. The van der Waals surface area contributed by atoms with E-state index in [1.165, 1.54) is 4.90 Å². The number of benzene rings is 2. The summed E-state index contributed by atoms with van der Waals surface area (Å²) in [5, 5.41) is 0.397. The largest absolute Gasteiger partial charge is 0.388 e. The van der Waals surface area contributed by atoms with Gasteiger partial charge in [0.15, 0.2) is 0 Å². The summed E-state index contributed by atoms with van der Waals surface area (Å²) < 4.78 is 6.09. The van der Waals surface area contributed by atoms with Crippen LogP contribution in [0.15, 0.2) is 57.7 Å². The quantitative estimate of drug-likeness (QED) is 0.609. The fraction of sp³-hybridized carbons (Fsp3) is 0.118. The average Bonchev–Trinajstić information content (AvgIpc) is 2.56. The second-order valence-corrected chi connectivity index (χ2v) is 5.99. The van der Waals surface area contributed by atoms with Crippen LogP contribution < -0.4 is 10.5 Å². The highest BCUT2D eigenvalue weighted by Gasteiger charge is 2.22. The van der Waals surface area contributed by atoms with Crippen molar-refractivity contribution in [3.05, 3.63) is 68.1 Å². The first-order valence-corrected chi connectivity index (χ1v) is 8.16. The third-order valence-corrected chi connectivity index (χ3v) is 4.36. The Kier molecular flexibility index (Phi) is 4.42. The summed E-state index contributed by atoms with van der Waals surface area (Å²) >= 11 is 2.11. The topological polar surface area (TPSA) is 63.4 Å². The fourth-order valence-corrected chi connectivity index (χ4v) is 2.89. The monoisotopic (exact) mass is 420 g/mol. The first-order chi connectivity index (χ1) is 11.1.